The second kappa shape index (κ2) is 13.5. The number of hydrogen-bond acceptors (Lipinski definition) is 6. The van der Waals surface area contributed by atoms with E-state index in [0.717, 1.165) is 69.7 Å². The van der Waals surface area contributed by atoms with E-state index in [0.29, 0.717) is 6.04 Å². The molecule has 1 aromatic heterocycles. The third-order valence-electron chi connectivity index (χ3n) is 7.02. The summed E-state index contributed by atoms with van der Waals surface area (Å²) in [7, 11) is 0. The highest BCUT2D eigenvalue weighted by molar-refractivity contribution is 5.43. The molecular formula is C28H43N5O. The predicted molar refractivity (Wildman–Crippen MR) is 141 cm³/mol. The summed E-state index contributed by atoms with van der Waals surface area (Å²) in [6, 6.07) is 11.1. The lowest BCUT2D eigenvalue weighted by Gasteiger charge is -2.22. The van der Waals surface area contributed by atoms with E-state index < -0.39 is 0 Å². The zero-order valence-electron chi connectivity index (χ0n) is 21.1. The summed E-state index contributed by atoms with van der Waals surface area (Å²) >= 11 is 0. The van der Waals surface area contributed by atoms with Crippen molar-refractivity contribution in [3.63, 3.8) is 0 Å². The fourth-order valence-corrected chi connectivity index (χ4v) is 5.02. The fraction of sp³-hybridized carbons (Fsp3) is 0.643. The van der Waals surface area contributed by atoms with Gasteiger partial charge >= 0.3 is 0 Å². The van der Waals surface area contributed by atoms with Gasteiger partial charge in [0, 0.05) is 45.0 Å². The summed E-state index contributed by atoms with van der Waals surface area (Å²) < 4.78 is 5.91. The lowest BCUT2D eigenvalue weighted by molar-refractivity contribution is 0.303. The molecule has 0 aliphatic carbocycles. The van der Waals surface area contributed by atoms with Crippen LogP contribution in [0.25, 0.3) is 0 Å². The molecule has 0 saturated carbocycles. The van der Waals surface area contributed by atoms with Gasteiger partial charge in [-0.25, -0.2) is 4.98 Å². The van der Waals surface area contributed by atoms with Crippen LogP contribution in [0.2, 0.25) is 0 Å². The number of nitrogens with one attached hydrogen (secondary N) is 1. The molecule has 1 atom stereocenters. The van der Waals surface area contributed by atoms with E-state index in [-0.39, 0.29) is 0 Å². The molecule has 0 radical (unpaired) electrons. The number of nitrogens with zero attached hydrogens (tertiary/aromatic N) is 4. The van der Waals surface area contributed by atoms with E-state index in [1.165, 1.54) is 56.9 Å². The minimum atomic E-state index is 0.398. The predicted octanol–water partition coefficient (Wildman–Crippen LogP) is 5.89. The van der Waals surface area contributed by atoms with E-state index in [1.54, 1.807) is 0 Å². The van der Waals surface area contributed by atoms with Crippen LogP contribution in [0.15, 0.2) is 36.5 Å². The Kier molecular flexibility index (Phi) is 9.85. The Labute approximate surface area is 206 Å². The van der Waals surface area contributed by atoms with Crippen LogP contribution >= 0.6 is 0 Å². The van der Waals surface area contributed by atoms with Gasteiger partial charge in [-0.1, -0.05) is 57.6 Å². The van der Waals surface area contributed by atoms with Crippen LogP contribution in [-0.4, -0.2) is 53.7 Å². The molecule has 1 N–H and O–H groups in total. The Morgan fingerprint density at radius 3 is 2.53 bits per heavy atom. The van der Waals surface area contributed by atoms with E-state index in [9.17, 15) is 0 Å². The van der Waals surface area contributed by atoms with Crippen LogP contribution < -0.4 is 15.0 Å². The van der Waals surface area contributed by atoms with Gasteiger partial charge < -0.3 is 15.0 Å². The van der Waals surface area contributed by atoms with Crippen molar-refractivity contribution in [3.8, 4) is 5.75 Å². The molecule has 2 saturated heterocycles. The Bertz CT molecular complexity index is 835. The summed E-state index contributed by atoms with van der Waals surface area (Å²) in [5, 5.41) is 3.59. The first-order valence-electron chi connectivity index (χ1n) is 13.6. The first kappa shape index (κ1) is 24.8. The van der Waals surface area contributed by atoms with Crippen molar-refractivity contribution >= 4 is 11.8 Å². The van der Waals surface area contributed by atoms with Crippen LogP contribution in [0.5, 0.6) is 5.75 Å². The quantitative estimate of drug-likeness (QED) is 0.394. The number of anilines is 2. The highest BCUT2D eigenvalue weighted by Gasteiger charge is 2.23. The normalized spacial score (nSPS) is 19.2. The number of likely N-dealkylation sites (tertiary alicyclic amines) is 1. The maximum Gasteiger partial charge on any atom is 0.224 e. The Balaban J connectivity index is 1.19. The smallest absolute Gasteiger partial charge is 0.224 e. The van der Waals surface area contributed by atoms with E-state index in [4.69, 9.17) is 9.72 Å². The highest BCUT2D eigenvalue weighted by Crippen LogP contribution is 2.21. The van der Waals surface area contributed by atoms with Crippen LogP contribution in [0.1, 0.15) is 76.7 Å². The number of aromatic nitrogens is 2. The second-order valence-electron chi connectivity index (χ2n) is 9.91. The molecule has 2 aromatic rings. The van der Waals surface area contributed by atoms with E-state index >= 15 is 0 Å². The molecule has 6 heteroatoms. The van der Waals surface area contributed by atoms with Crippen molar-refractivity contribution in [1.82, 2.24) is 14.9 Å². The lowest BCUT2D eigenvalue weighted by Crippen LogP contribution is -2.28. The van der Waals surface area contributed by atoms with E-state index in [1.807, 2.05) is 6.20 Å². The maximum atomic E-state index is 5.91. The molecule has 0 bridgehead atoms. The Morgan fingerprint density at radius 2 is 1.74 bits per heavy atom. The molecule has 2 fully saturated rings. The summed E-state index contributed by atoms with van der Waals surface area (Å²) in [4.78, 5) is 14.3. The molecule has 1 unspecified atom stereocenters. The van der Waals surface area contributed by atoms with Crippen molar-refractivity contribution in [3.05, 3.63) is 42.1 Å². The molecular weight excluding hydrogens is 422 g/mol. The average molecular weight is 466 g/mol. The molecule has 0 spiro atoms. The molecule has 2 aliphatic heterocycles. The van der Waals surface area contributed by atoms with Crippen LogP contribution in [0.4, 0.5) is 11.8 Å². The van der Waals surface area contributed by atoms with Gasteiger partial charge in [-0.15, -0.1) is 0 Å². The average Bonchev–Trinajstić information content (AvgIpc) is 3.11. The van der Waals surface area contributed by atoms with Crippen LogP contribution in [0.3, 0.4) is 0 Å². The molecule has 4 rings (SSSR count). The zero-order valence-corrected chi connectivity index (χ0v) is 21.1. The van der Waals surface area contributed by atoms with Gasteiger partial charge in [0.1, 0.15) is 11.6 Å². The molecule has 3 heterocycles. The lowest BCUT2D eigenvalue weighted by atomic mass is 10.2. The highest BCUT2D eigenvalue weighted by atomic mass is 16.5. The first-order chi connectivity index (χ1) is 16.8. The van der Waals surface area contributed by atoms with Crippen molar-refractivity contribution in [2.45, 2.75) is 83.7 Å². The summed E-state index contributed by atoms with van der Waals surface area (Å²) in [5.41, 5.74) is 1.34. The zero-order chi connectivity index (χ0) is 23.4. The molecule has 186 valence electrons. The van der Waals surface area contributed by atoms with Crippen molar-refractivity contribution in [2.24, 2.45) is 0 Å². The Morgan fingerprint density at radius 1 is 0.941 bits per heavy atom. The number of rotatable bonds is 12. The molecule has 2 aliphatic rings. The van der Waals surface area contributed by atoms with Gasteiger partial charge in [0.2, 0.25) is 5.95 Å². The van der Waals surface area contributed by atoms with Gasteiger partial charge in [-0.3, -0.25) is 4.90 Å². The molecule has 6 nitrogen and oxygen atoms in total. The van der Waals surface area contributed by atoms with Gasteiger partial charge in [-0.2, -0.15) is 4.98 Å². The topological polar surface area (TPSA) is 53.5 Å². The third-order valence-corrected chi connectivity index (χ3v) is 7.02. The third kappa shape index (κ3) is 7.86. The largest absolute Gasteiger partial charge is 0.494 e. The second-order valence-corrected chi connectivity index (χ2v) is 9.91. The van der Waals surface area contributed by atoms with Crippen LogP contribution in [0, 0.1) is 0 Å². The van der Waals surface area contributed by atoms with Crippen molar-refractivity contribution in [2.75, 3.05) is 43.0 Å². The SMILES string of the molecule is CCCCCCCOc1ccc(CN2CCC(Nc3nccc(N4CCCCCC4)n3)C2)cc1. The molecule has 1 aromatic carbocycles. The molecule has 34 heavy (non-hydrogen) atoms. The van der Waals surface area contributed by atoms with E-state index in [2.05, 4.69) is 57.4 Å². The van der Waals surface area contributed by atoms with Gasteiger partial charge in [0.25, 0.3) is 0 Å². The maximum absolute atomic E-state index is 5.91. The van der Waals surface area contributed by atoms with Crippen molar-refractivity contribution in [1.29, 1.82) is 0 Å². The number of ether oxygens (including phenoxy) is 1. The van der Waals surface area contributed by atoms with Gasteiger partial charge in [-0.05, 0) is 49.4 Å². The van der Waals surface area contributed by atoms with Gasteiger partial charge in [0.05, 0.1) is 6.61 Å². The monoisotopic (exact) mass is 465 g/mol. The summed E-state index contributed by atoms with van der Waals surface area (Å²) in [6.07, 6.45) is 14.6. The summed E-state index contributed by atoms with van der Waals surface area (Å²) in [5.74, 6) is 2.82. The number of benzene rings is 1. The number of hydrogen-bond donors (Lipinski definition) is 1. The molecule has 0 amide bonds. The van der Waals surface area contributed by atoms with Crippen molar-refractivity contribution < 1.29 is 4.74 Å². The minimum Gasteiger partial charge on any atom is -0.494 e. The first-order valence-corrected chi connectivity index (χ1v) is 13.6. The fourth-order valence-electron chi connectivity index (χ4n) is 5.02. The standard InChI is InChI=1S/C28H43N5O/c1-2-3-4-7-10-21-34-26-13-11-24(12-14-26)22-32-20-16-25(23-32)30-28-29-17-15-27(31-28)33-18-8-5-6-9-19-33/h11-15,17,25H,2-10,16,18-23H2,1H3,(H,29,30,31). The van der Waals surface area contributed by atoms with Gasteiger partial charge in [0.15, 0.2) is 0 Å². The number of unbranched alkanes of at least 4 members (excludes halogenated alkanes) is 4. The summed E-state index contributed by atoms with van der Waals surface area (Å²) in [6.45, 7) is 8.38. The minimum absolute atomic E-state index is 0.398. The van der Waals surface area contributed by atoms with Crippen LogP contribution in [-0.2, 0) is 6.54 Å². The Hall–Kier alpha value is -2.34.